The molecule has 7 heteroatoms. The summed E-state index contributed by atoms with van der Waals surface area (Å²) < 4.78 is 15.7. The zero-order valence-electron chi connectivity index (χ0n) is 16.9. The Kier molecular flexibility index (Phi) is 9.79. The molecule has 0 atom stereocenters. The van der Waals surface area contributed by atoms with E-state index >= 15 is 0 Å². The van der Waals surface area contributed by atoms with Crippen molar-refractivity contribution in [2.24, 2.45) is 5.92 Å². The molecular formula is C21H32N2O5. The highest BCUT2D eigenvalue weighted by atomic mass is 16.5. The fourth-order valence-corrected chi connectivity index (χ4v) is 3.19. The van der Waals surface area contributed by atoms with Crippen LogP contribution in [0.3, 0.4) is 0 Å². The van der Waals surface area contributed by atoms with Gasteiger partial charge in [-0.1, -0.05) is 0 Å². The molecule has 1 aromatic rings. The summed E-state index contributed by atoms with van der Waals surface area (Å²) >= 11 is 0. The second kappa shape index (κ2) is 12.4. The van der Waals surface area contributed by atoms with Gasteiger partial charge < -0.3 is 19.5 Å². The molecule has 1 N–H and O–H groups in total. The Morgan fingerprint density at radius 1 is 1.14 bits per heavy atom. The van der Waals surface area contributed by atoms with Gasteiger partial charge in [-0.3, -0.25) is 9.69 Å². The van der Waals surface area contributed by atoms with E-state index in [-0.39, 0.29) is 17.8 Å². The number of hydrogen-bond donors (Lipinski definition) is 1. The number of amides is 1. The van der Waals surface area contributed by atoms with Crippen LogP contribution in [0.4, 0.5) is 0 Å². The average molecular weight is 392 g/mol. The predicted molar refractivity (Wildman–Crippen MR) is 107 cm³/mol. The van der Waals surface area contributed by atoms with Gasteiger partial charge in [0.05, 0.1) is 12.7 Å². The van der Waals surface area contributed by atoms with E-state index in [1.54, 1.807) is 24.3 Å². The summed E-state index contributed by atoms with van der Waals surface area (Å²) in [5, 5.41) is 3.01. The zero-order valence-corrected chi connectivity index (χ0v) is 16.9. The highest BCUT2D eigenvalue weighted by Crippen LogP contribution is 2.18. The normalized spacial score (nSPS) is 15.2. The molecule has 1 fully saturated rings. The molecule has 0 aliphatic carbocycles. The summed E-state index contributed by atoms with van der Waals surface area (Å²) in [7, 11) is 1.36. The number of carbonyl (C=O) groups is 2. The molecule has 156 valence electrons. The monoisotopic (exact) mass is 392 g/mol. The standard InChI is InChI=1S/C21H32N2O5/c1-3-27-15-4-11-22-20(24)17-9-12-23(13-10-17)14-16-28-19-7-5-18(6-8-19)21(25)26-2/h5-8,17H,3-4,9-16H2,1-2H3,(H,22,24). The third-order valence-electron chi connectivity index (χ3n) is 4.88. The minimum Gasteiger partial charge on any atom is -0.492 e. The Morgan fingerprint density at radius 2 is 1.86 bits per heavy atom. The van der Waals surface area contributed by atoms with E-state index in [9.17, 15) is 9.59 Å². The highest BCUT2D eigenvalue weighted by molar-refractivity contribution is 5.89. The Bertz CT molecular complexity index is 597. The van der Waals surface area contributed by atoms with Gasteiger partial charge in [0.25, 0.3) is 0 Å². The van der Waals surface area contributed by atoms with Crippen molar-refractivity contribution < 1.29 is 23.8 Å². The first-order chi connectivity index (χ1) is 13.6. The molecule has 1 aliphatic rings. The van der Waals surface area contributed by atoms with Crippen LogP contribution < -0.4 is 10.1 Å². The zero-order chi connectivity index (χ0) is 20.2. The molecular weight excluding hydrogens is 360 g/mol. The van der Waals surface area contributed by atoms with Crippen LogP contribution in [-0.4, -0.2) is 69.9 Å². The molecule has 0 bridgehead atoms. The van der Waals surface area contributed by atoms with Gasteiger partial charge in [-0.25, -0.2) is 4.79 Å². The van der Waals surface area contributed by atoms with Gasteiger partial charge in [0.1, 0.15) is 12.4 Å². The molecule has 28 heavy (non-hydrogen) atoms. The van der Waals surface area contributed by atoms with Crippen molar-refractivity contribution in [3.8, 4) is 5.75 Å². The maximum absolute atomic E-state index is 12.2. The SMILES string of the molecule is CCOCCCNC(=O)C1CCN(CCOc2ccc(C(=O)OC)cc2)CC1. The van der Waals surface area contributed by atoms with Crippen LogP contribution in [0.2, 0.25) is 0 Å². The quantitative estimate of drug-likeness (QED) is 0.459. The van der Waals surface area contributed by atoms with E-state index in [1.807, 2.05) is 6.92 Å². The lowest BCUT2D eigenvalue weighted by Gasteiger charge is -2.31. The number of esters is 1. The summed E-state index contributed by atoms with van der Waals surface area (Å²) in [4.78, 5) is 25.9. The summed E-state index contributed by atoms with van der Waals surface area (Å²) in [5.41, 5.74) is 0.507. The fraction of sp³-hybridized carbons (Fsp3) is 0.619. The van der Waals surface area contributed by atoms with Crippen LogP contribution in [0.25, 0.3) is 0 Å². The molecule has 1 saturated heterocycles. The molecule has 1 amide bonds. The van der Waals surface area contributed by atoms with E-state index in [0.717, 1.165) is 51.3 Å². The molecule has 1 aliphatic heterocycles. The minimum atomic E-state index is -0.354. The second-order valence-electron chi connectivity index (χ2n) is 6.82. The average Bonchev–Trinajstić information content (AvgIpc) is 2.74. The summed E-state index contributed by atoms with van der Waals surface area (Å²) in [6, 6.07) is 6.93. The summed E-state index contributed by atoms with van der Waals surface area (Å²) in [5.74, 6) is 0.648. The Balaban J connectivity index is 1.59. The number of ether oxygens (including phenoxy) is 3. The number of carbonyl (C=O) groups excluding carboxylic acids is 2. The summed E-state index contributed by atoms with van der Waals surface area (Å²) in [6.07, 6.45) is 2.62. The van der Waals surface area contributed by atoms with Crippen molar-refractivity contribution in [2.75, 3.05) is 53.1 Å². The molecule has 0 unspecified atom stereocenters. The lowest BCUT2D eigenvalue weighted by atomic mass is 9.96. The number of nitrogens with zero attached hydrogens (tertiary/aromatic N) is 1. The number of benzene rings is 1. The molecule has 7 nitrogen and oxygen atoms in total. The third kappa shape index (κ3) is 7.48. The van der Waals surface area contributed by atoms with Gasteiger partial charge in [0, 0.05) is 32.2 Å². The molecule has 0 radical (unpaired) electrons. The maximum Gasteiger partial charge on any atom is 0.337 e. The molecule has 1 heterocycles. The molecule has 0 aromatic heterocycles. The van der Waals surface area contributed by atoms with Crippen LogP contribution in [0, 0.1) is 5.92 Å². The topological polar surface area (TPSA) is 77.1 Å². The number of methoxy groups -OCH3 is 1. The molecule has 2 rings (SSSR count). The van der Waals surface area contributed by atoms with Crippen LogP contribution >= 0.6 is 0 Å². The van der Waals surface area contributed by atoms with Crippen molar-refractivity contribution in [3.63, 3.8) is 0 Å². The van der Waals surface area contributed by atoms with Crippen molar-refractivity contribution in [1.82, 2.24) is 10.2 Å². The van der Waals surface area contributed by atoms with E-state index in [1.165, 1.54) is 7.11 Å². The lowest BCUT2D eigenvalue weighted by molar-refractivity contribution is -0.126. The molecule has 0 spiro atoms. The lowest BCUT2D eigenvalue weighted by Crippen LogP contribution is -2.42. The van der Waals surface area contributed by atoms with Crippen molar-refractivity contribution in [1.29, 1.82) is 0 Å². The maximum atomic E-state index is 12.2. The number of rotatable bonds is 11. The van der Waals surface area contributed by atoms with Gasteiger partial charge in [-0.2, -0.15) is 0 Å². The Morgan fingerprint density at radius 3 is 2.50 bits per heavy atom. The largest absolute Gasteiger partial charge is 0.492 e. The molecule has 0 saturated carbocycles. The predicted octanol–water partition coefficient (Wildman–Crippen LogP) is 2.11. The smallest absolute Gasteiger partial charge is 0.337 e. The Hall–Kier alpha value is -2.12. The number of nitrogens with one attached hydrogen (secondary N) is 1. The van der Waals surface area contributed by atoms with Crippen molar-refractivity contribution >= 4 is 11.9 Å². The third-order valence-corrected chi connectivity index (χ3v) is 4.88. The van der Waals surface area contributed by atoms with Gasteiger partial charge in [0.2, 0.25) is 5.91 Å². The van der Waals surface area contributed by atoms with Crippen molar-refractivity contribution in [3.05, 3.63) is 29.8 Å². The first-order valence-electron chi connectivity index (χ1n) is 10.0. The first-order valence-corrected chi connectivity index (χ1v) is 10.0. The number of piperidine rings is 1. The van der Waals surface area contributed by atoms with Crippen LogP contribution in [0.15, 0.2) is 24.3 Å². The van der Waals surface area contributed by atoms with E-state index in [0.29, 0.717) is 25.3 Å². The van der Waals surface area contributed by atoms with Crippen LogP contribution in [-0.2, 0) is 14.3 Å². The van der Waals surface area contributed by atoms with Crippen LogP contribution in [0.5, 0.6) is 5.75 Å². The van der Waals surface area contributed by atoms with Gasteiger partial charge in [-0.05, 0) is 63.5 Å². The van der Waals surface area contributed by atoms with Gasteiger partial charge in [-0.15, -0.1) is 0 Å². The van der Waals surface area contributed by atoms with E-state index < -0.39 is 0 Å². The number of likely N-dealkylation sites (tertiary alicyclic amines) is 1. The molecule has 1 aromatic carbocycles. The van der Waals surface area contributed by atoms with E-state index in [4.69, 9.17) is 9.47 Å². The Labute approximate surface area is 167 Å². The number of hydrogen-bond acceptors (Lipinski definition) is 6. The van der Waals surface area contributed by atoms with Crippen molar-refractivity contribution in [2.45, 2.75) is 26.2 Å². The first kappa shape index (κ1) is 22.2. The highest BCUT2D eigenvalue weighted by Gasteiger charge is 2.24. The fourth-order valence-electron chi connectivity index (χ4n) is 3.19. The van der Waals surface area contributed by atoms with Gasteiger partial charge >= 0.3 is 5.97 Å². The van der Waals surface area contributed by atoms with Crippen LogP contribution in [0.1, 0.15) is 36.5 Å². The van der Waals surface area contributed by atoms with E-state index in [2.05, 4.69) is 15.0 Å². The minimum absolute atomic E-state index is 0.107. The summed E-state index contributed by atoms with van der Waals surface area (Å²) in [6.45, 7) is 7.27. The van der Waals surface area contributed by atoms with Gasteiger partial charge in [0.15, 0.2) is 0 Å². The second-order valence-corrected chi connectivity index (χ2v) is 6.82.